The quantitative estimate of drug-likeness (QED) is 0.235. The maximum Gasteiger partial charge on any atom is 0.337 e. The van der Waals surface area contributed by atoms with Crippen molar-refractivity contribution in [3.63, 3.8) is 0 Å². The first-order valence-electron chi connectivity index (χ1n) is 15.3. The number of anilines is 1. The topological polar surface area (TPSA) is 110 Å². The molecule has 1 aliphatic heterocycles. The second-order valence-corrected chi connectivity index (χ2v) is 12.0. The van der Waals surface area contributed by atoms with Gasteiger partial charge in [-0.1, -0.05) is 49.6 Å². The van der Waals surface area contributed by atoms with Gasteiger partial charge in [0.15, 0.2) is 0 Å². The van der Waals surface area contributed by atoms with Crippen molar-refractivity contribution < 1.29 is 24.2 Å². The lowest BCUT2D eigenvalue weighted by Gasteiger charge is -2.40. The van der Waals surface area contributed by atoms with Gasteiger partial charge < -0.3 is 25.0 Å². The summed E-state index contributed by atoms with van der Waals surface area (Å²) in [7, 11) is 0. The standard InChI is InChI=1S/C35H35N3O5/c39-32(37-35(17-8-18-35)34(42)36-27-13-6-4-11-24(27)33(40)41)23-15-16-25-28(21-23)38-19-20-43-29-14-7-5-12-26(29)31(38)30(25)22-9-2-1-3-10-22/h4-7,11-16,21-22H,1-3,8-10,17-20H2,(H,36,42)(H,37,39)(H,40,41). The molecular formula is C35H35N3O5. The molecule has 0 saturated heterocycles. The van der Waals surface area contributed by atoms with Crippen LogP contribution in [0.15, 0.2) is 66.7 Å². The SMILES string of the molecule is O=C(NC1(C(=O)Nc2ccccc2C(=O)O)CCC1)c1ccc2c(C3CCCCC3)c3n(c2c1)CCOc1ccccc1-3. The van der Waals surface area contributed by atoms with Gasteiger partial charge in [0, 0.05) is 22.0 Å². The Kier molecular flexibility index (Phi) is 6.92. The highest BCUT2D eigenvalue weighted by Crippen LogP contribution is 2.47. The highest BCUT2D eigenvalue weighted by molar-refractivity contribution is 6.08. The van der Waals surface area contributed by atoms with Gasteiger partial charge in [-0.15, -0.1) is 0 Å². The van der Waals surface area contributed by atoms with Crippen molar-refractivity contribution in [2.45, 2.75) is 69.4 Å². The Morgan fingerprint density at radius 3 is 2.44 bits per heavy atom. The van der Waals surface area contributed by atoms with Crippen LogP contribution in [0.2, 0.25) is 0 Å². The molecule has 220 valence electrons. The second kappa shape index (κ2) is 10.9. The summed E-state index contributed by atoms with van der Waals surface area (Å²) >= 11 is 0. The van der Waals surface area contributed by atoms with Gasteiger partial charge in [0.25, 0.3) is 5.91 Å². The Labute approximate surface area is 250 Å². The van der Waals surface area contributed by atoms with E-state index in [0.717, 1.165) is 36.1 Å². The summed E-state index contributed by atoms with van der Waals surface area (Å²) in [5.74, 6) is -0.492. The number of aromatic nitrogens is 1. The number of carboxylic acid groups (broad SMARTS) is 1. The van der Waals surface area contributed by atoms with E-state index >= 15 is 0 Å². The molecule has 0 atom stereocenters. The van der Waals surface area contributed by atoms with Crippen LogP contribution in [0.5, 0.6) is 5.75 Å². The van der Waals surface area contributed by atoms with Gasteiger partial charge in [-0.3, -0.25) is 9.59 Å². The zero-order valence-corrected chi connectivity index (χ0v) is 24.0. The number of fused-ring (bicyclic) bond motifs is 5. The van der Waals surface area contributed by atoms with Crippen molar-refractivity contribution in [1.29, 1.82) is 0 Å². The van der Waals surface area contributed by atoms with Gasteiger partial charge in [-0.25, -0.2) is 4.79 Å². The van der Waals surface area contributed by atoms with E-state index in [2.05, 4.69) is 33.4 Å². The van der Waals surface area contributed by atoms with E-state index in [1.807, 2.05) is 24.3 Å². The van der Waals surface area contributed by atoms with Gasteiger partial charge in [0.2, 0.25) is 5.91 Å². The van der Waals surface area contributed by atoms with Crippen molar-refractivity contribution in [3.05, 3.63) is 83.4 Å². The number of carboxylic acids is 1. The number of rotatable bonds is 6. The molecule has 8 heteroatoms. The first-order valence-corrected chi connectivity index (χ1v) is 15.3. The molecule has 8 nitrogen and oxygen atoms in total. The number of hydrogen-bond acceptors (Lipinski definition) is 4. The van der Waals surface area contributed by atoms with E-state index in [0.29, 0.717) is 37.5 Å². The van der Waals surface area contributed by atoms with Crippen molar-refractivity contribution >= 4 is 34.4 Å². The third-order valence-corrected chi connectivity index (χ3v) is 9.49. The maximum atomic E-state index is 13.8. The number of aromatic carboxylic acids is 1. The Balaban J connectivity index is 1.24. The summed E-state index contributed by atoms with van der Waals surface area (Å²) in [5, 5.41) is 16.5. The third-order valence-electron chi connectivity index (χ3n) is 9.49. The fourth-order valence-electron chi connectivity index (χ4n) is 7.13. The molecule has 43 heavy (non-hydrogen) atoms. The molecule has 2 saturated carbocycles. The number of nitrogens with one attached hydrogen (secondary N) is 2. The number of amides is 2. The van der Waals surface area contributed by atoms with Crippen molar-refractivity contribution in [2.75, 3.05) is 11.9 Å². The van der Waals surface area contributed by atoms with E-state index < -0.39 is 17.4 Å². The van der Waals surface area contributed by atoms with Crippen LogP contribution in [0.3, 0.4) is 0 Å². The average Bonchev–Trinajstić information content (AvgIpc) is 3.20. The molecule has 1 aromatic heterocycles. The number of benzene rings is 3. The van der Waals surface area contributed by atoms with E-state index in [9.17, 15) is 19.5 Å². The summed E-state index contributed by atoms with van der Waals surface area (Å²) in [6.07, 6.45) is 7.79. The lowest BCUT2D eigenvalue weighted by atomic mass is 9.75. The number of carbonyl (C=O) groups is 3. The first-order chi connectivity index (χ1) is 20.9. The van der Waals surface area contributed by atoms with Crippen LogP contribution in [0, 0.1) is 0 Å². The molecule has 2 fully saturated rings. The molecule has 3 aromatic carbocycles. The molecule has 3 aliphatic rings. The Morgan fingerprint density at radius 2 is 1.67 bits per heavy atom. The first kappa shape index (κ1) is 27.3. The van der Waals surface area contributed by atoms with Crippen LogP contribution in [0.4, 0.5) is 5.69 Å². The van der Waals surface area contributed by atoms with Gasteiger partial charge in [-0.2, -0.15) is 0 Å². The maximum absolute atomic E-state index is 13.8. The van der Waals surface area contributed by atoms with E-state index in [1.165, 1.54) is 42.0 Å². The molecule has 0 spiro atoms. The van der Waals surface area contributed by atoms with Gasteiger partial charge in [0.05, 0.1) is 23.5 Å². The van der Waals surface area contributed by atoms with E-state index in [4.69, 9.17) is 4.74 Å². The van der Waals surface area contributed by atoms with E-state index in [1.54, 1.807) is 18.2 Å². The molecule has 7 rings (SSSR count). The summed E-state index contributed by atoms with van der Waals surface area (Å²) in [5.41, 5.74) is 4.28. The molecule has 2 heterocycles. The van der Waals surface area contributed by atoms with E-state index in [-0.39, 0.29) is 17.2 Å². The van der Waals surface area contributed by atoms with Crippen molar-refractivity contribution in [1.82, 2.24) is 9.88 Å². The number of para-hydroxylation sites is 2. The Morgan fingerprint density at radius 1 is 0.907 bits per heavy atom. The fraction of sp³-hybridized carbons (Fsp3) is 0.343. The van der Waals surface area contributed by atoms with Crippen LogP contribution in [0.25, 0.3) is 22.2 Å². The molecule has 3 N–H and O–H groups in total. The summed E-state index contributed by atoms with van der Waals surface area (Å²) in [6.45, 7) is 1.21. The van der Waals surface area contributed by atoms with Gasteiger partial charge in [-0.05, 0) is 80.0 Å². The molecule has 0 unspecified atom stereocenters. The second-order valence-electron chi connectivity index (χ2n) is 12.0. The molecule has 2 aliphatic carbocycles. The minimum atomic E-state index is -1.12. The zero-order chi connectivity index (χ0) is 29.6. The van der Waals surface area contributed by atoms with Crippen LogP contribution in [-0.2, 0) is 11.3 Å². The molecule has 2 amide bonds. The lowest BCUT2D eigenvalue weighted by Crippen LogP contribution is -2.61. The highest BCUT2D eigenvalue weighted by atomic mass is 16.5. The lowest BCUT2D eigenvalue weighted by molar-refractivity contribution is -0.125. The number of ether oxygens (including phenoxy) is 1. The predicted molar refractivity (Wildman–Crippen MR) is 165 cm³/mol. The highest BCUT2D eigenvalue weighted by Gasteiger charge is 2.46. The molecule has 0 bridgehead atoms. The van der Waals surface area contributed by atoms with Crippen molar-refractivity contribution in [3.8, 4) is 17.0 Å². The zero-order valence-electron chi connectivity index (χ0n) is 24.0. The van der Waals surface area contributed by atoms with Crippen LogP contribution in [0.1, 0.15) is 83.6 Å². The third kappa shape index (κ3) is 4.75. The number of nitrogens with zero attached hydrogens (tertiary/aromatic N) is 1. The van der Waals surface area contributed by atoms with Gasteiger partial charge >= 0.3 is 5.97 Å². The largest absolute Gasteiger partial charge is 0.491 e. The minimum absolute atomic E-state index is 0.00958. The smallest absolute Gasteiger partial charge is 0.337 e. The van der Waals surface area contributed by atoms with Crippen molar-refractivity contribution in [2.24, 2.45) is 0 Å². The molecule has 0 radical (unpaired) electrons. The number of carbonyl (C=O) groups excluding carboxylic acids is 2. The minimum Gasteiger partial charge on any atom is -0.491 e. The monoisotopic (exact) mass is 577 g/mol. The fourth-order valence-corrected chi connectivity index (χ4v) is 7.13. The van der Waals surface area contributed by atoms with Gasteiger partial charge in [0.1, 0.15) is 17.9 Å². The Bertz CT molecular complexity index is 1750. The Hall–Kier alpha value is -4.59. The van der Waals surface area contributed by atoms with Crippen LogP contribution < -0.4 is 15.4 Å². The predicted octanol–water partition coefficient (Wildman–Crippen LogP) is 6.74. The molecular weight excluding hydrogens is 542 g/mol. The number of hydrogen-bond donors (Lipinski definition) is 3. The summed E-state index contributed by atoms with van der Waals surface area (Å²) < 4.78 is 8.48. The summed E-state index contributed by atoms with van der Waals surface area (Å²) in [6, 6.07) is 20.4. The van der Waals surface area contributed by atoms with Crippen LogP contribution >= 0.6 is 0 Å². The average molecular weight is 578 g/mol. The summed E-state index contributed by atoms with van der Waals surface area (Å²) in [4.78, 5) is 38.9. The molecule has 4 aromatic rings. The normalized spacial score (nSPS) is 17.5. The van der Waals surface area contributed by atoms with Crippen LogP contribution in [-0.4, -0.2) is 39.6 Å².